The van der Waals surface area contributed by atoms with Crippen molar-refractivity contribution in [2.24, 2.45) is 0 Å². The van der Waals surface area contributed by atoms with Gasteiger partial charge in [0.2, 0.25) is 5.76 Å². The van der Waals surface area contributed by atoms with E-state index in [1.165, 1.54) is 0 Å². The summed E-state index contributed by atoms with van der Waals surface area (Å²) in [6, 6.07) is 6.65. The van der Waals surface area contributed by atoms with E-state index < -0.39 is 5.97 Å². The number of rotatable bonds is 5. The molecule has 0 spiro atoms. The summed E-state index contributed by atoms with van der Waals surface area (Å²) in [4.78, 5) is 23.4. The van der Waals surface area contributed by atoms with E-state index in [4.69, 9.17) is 14.9 Å². The molecule has 1 atom stereocenters. The number of hydrogen-bond donors (Lipinski definition) is 2. The van der Waals surface area contributed by atoms with Gasteiger partial charge in [-0.1, -0.05) is 6.92 Å². The van der Waals surface area contributed by atoms with Crippen LogP contribution in [0.3, 0.4) is 0 Å². The van der Waals surface area contributed by atoms with Crippen LogP contribution >= 0.6 is 0 Å². The molecule has 0 aliphatic carbocycles. The molecule has 21 heavy (non-hydrogen) atoms. The number of fused-ring (bicyclic) bond motifs is 1. The zero-order valence-corrected chi connectivity index (χ0v) is 12.0. The predicted molar refractivity (Wildman–Crippen MR) is 78.8 cm³/mol. The van der Waals surface area contributed by atoms with Crippen molar-refractivity contribution in [3.63, 3.8) is 0 Å². The maximum absolute atomic E-state index is 11.8. The summed E-state index contributed by atoms with van der Waals surface area (Å²) in [5, 5.41) is 3.42. The molecule has 1 heterocycles. The molecule has 6 nitrogen and oxygen atoms in total. The number of ether oxygens (including phenoxy) is 1. The van der Waals surface area contributed by atoms with Gasteiger partial charge in [0.15, 0.2) is 6.61 Å². The Morgan fingerprint density at radius 3 is 2.86 bits per heavy atom. The number of benzene rings is 1. The monoisotopic (exact) mass is 290 g/mol. The Morgan fingerprint density at radius 2 is 2.14 bits per heavy atom. The summed E-state index contributed by atoms with van der Waals surface area (Å²) in [6.45, 7) is 3.50. The zero-order valence-electron chi connectivity index (χ0n) is 12.0. The fourth-order valence-corrected chi connectivity index (χ4v) is 1.78. The number of furan rings is 1. The predicted octanol–water partition coefficient (Wildman–Crippen LogP) is 2.09. The number of nitrogens with one attached hydrogen (secondary N) is 1. The minimum absolute atomic E-state index is 0.0466. The van der Waals surface area contributed by atoms with Crippen molar-refractivity contribution >= 4 is 28.5 Å². The average Bonchev–Trinajstić information content (AvgIpc) is 2.87. The Bertz CT molecular complexity index is 663. The van der Waals surface area contributed by atoms with E-state index >= 15 is 0 Å². The molecule has 2 aromatic rings. The number of hydrogen-bond acceptors (Lipinski definition) is 5. The summed E-state index contributed by atoms with van der Waals surface area (Å²) in [5.74, 6) is -0.964. The van der Waals surface area contributed by atoms with Crippen molar-refractivity contribution in [1.82, 2.24) is 5.32 Å². The minimum Gasteiger partial charge on any atom is -0.450 e. The van der Waals surface area contributed by atoms with Crippen LogP contribution in [0.15, 0.2) is 28.7 Å². The highest BCUT2D eigenvalue weighted by molar-refractivity contribution is 5.94. The van der Waals surface area contributed by atoms with Gasteiger partial charge in [-0.05, 0) is 37.6 Å². The fraction of sp³-hybridized carbons (Fsp3) is 0.333. The molecule has 0 saturated carbocycles. The third kappa shape index (κ3) is 3.75. The van der Waals surface area contributed by atoms with Crippen molar-refractivity contribution in [3.8, 4) is 0 Å². The topological polar surface area (TPSA) is 94.6 Å². The lowest BCUT2D eigenvalue weighted by molar-refractivity contribution is -0.124. The van der Waals surface area contributed by atoms with Gasteiger partial charge in [-0.2, -0.15) is 0 Å². The number of carbonyl (C=O) groups excluding carboxylic acids is 2. The highest BCUT2D eigenvalue weighted by Crippen LogP contribution is 2.22. The van der Waals surface area contributed by atoms with Crippen molar-refractivity contribution in [2.45, 2.75) is 26.3 Å². The van der Waals surface area contributed by atoms with Crippen molar-refractivity contribution in [1.29, 1.82) is 0 Å². The van der Waals surface area contributed by atoms with Crippen LogP contribution in [0.5, 0.6) is 0 Å². The molecule has 1 aromatic carbocycles. The molecule has 0 radical (unpaired) electrons. The molecular formula is C15H18N2O4. The molecular weight excluding hydrogens is 272 g/mol. The maximum atomic E-state index is 11.8. The lowest BCUT2D eigenvalue weighted by Crippen LogP contribution is -2.35. The molecule has 3 N–H and O–H groups in total. The van der Waals surface area contributed by atoms with Gasteiger partial charge < -0.3 is 20.2 Å². The van der Waals surface area contributed by atoms with Crippen molar-refractivity contribution in [2.75, 3.05) is 12.3 Å². The van der Waals surface area contributed by atoms with E-state index in [2.05, 4.69) is 5.32 Å². The van der Waals surface area contributed by atoms with E-state index in [0.29, 0.717) is 16.7 Å². The molecule has 1 aromatic heterocycles. The fourth-order valence-electron chi connectivity index (χ4n) is 1.78. The average molecular weight is 290 g/mol. The van der Waals surface area contributed by atoms with Gasteiger partial charge >= 0.3 is 5.97 Å². The van der Waals surface area contributed by atoms with Crippen LogP contribution in [0.25, 0.3) is 11.0 Å². The SMILES string of the molecule is CCC(C)NC(=O)COC(=O)c1cc2cc(N)ccc2o1. The lowest BCUT2D eigenvalue weighted by atomic mass is 10.2. The van der Waals surface area contributed by atoms with Crippen LogP contribution in [0.4, 0.5) is 5.69 Å². The molecule has 1 unspecified atom stereocenters. The molecule has 0 saturated heterocycles. The van der Waals surface area contributed by atoms with Gasteiger partial charge in [0.25, 0.3) is 5.91 Å². The van der Waals surface area contributed by atoms with Crippen molar-refractivity contribution in [3.05, 3.63) is 30.0 Å². The molecule has 0 aliphatic rings. The Labute approximate surface area is 122 Å². The number of carbonyl (C=O) groups is 2. The molecule has 6 heteroatoms. The Balaban J connectivity index is 1.97. The summed E-state index contributed by atoms with van der Waals surface area (Å²) in [5.41, 5.74) is 6.78. The van der Waals surface area contributed by atoms with Gasteiger partial charge in [-0.3, -0.25) is 4.79 Å². The smallest absolute Gasteiger partial charge is 0.374 e. The first kappa shape index (κ1) is 14.9. The second kappa shape index (κ2) is 6.30. The standard InChI is InChI=1S/C15H18N2O4/c1-3-9(2)17-14(18)8-20-15(19)13-7-10-6-11(16)4-5-12(10)21-13/h4-7,9H,3,8,16H2,1-2H3,(H,17,18). The highest BCUT2D eigenvalue weighted by Gasteiger charge is 2.16. The summed E-state index contributed by atoms with van der Waals surface area (Å²) in [6.07, 6.45) is 0.810. The summed E-state index contributed by atoms with van der Waals surface area (Å²) in [7, 11) is 0. The van der Waals surface area contributed by atoms with Crippen molar-refractivity contribution < 1.29 is 18.7 Å². The molecule has 112 valence electrons. The summed E-state index contributed by atoms with van der Waals surface area (Å²) < 4.78 is 10.3. The molecule has 2 rings (SSSR count). The van der Waals surface area contributed by atoms with Gasteiger partial charge in [0, 0.05) is 17.1 Å². The summed E-state index contributed by atoms with van der Waals surface area (Å²) >= 11 is 0. The third-order valence-electron chi connectivity index (χ3n) is 3.10. The van der Waals surface area contributed by atoms with Crippen LogP contribution in [0.1, 0.15) is 30.8 Å². The van der Waals surface area contributed by atoms with Crippen LogP contribution in [-0.4, -0.2) is 24.5 Å². The number of anilines is 1. The third-order valence-corrected chi connectivity index (χ3v) is 3.10. The second-order valence-electron chi connectivity index (χ2n) is 4.86. The molecule has 0 fully saturated rings. The van der Waals surface area contributed by atoms with E-state index in [9.17, 15) is 9.59 Å². The molecule has 0 aliphatic heterocycles. The van der Waals surface area contributed by atoms with Gasteiger partial charge in [0.1, 0.15) is 5.58 Å². The second-order valence-corrected chi connectivity index (χ2v) is 4.86. The Kier molecular flexibility index (Phi) is 4.47. The number of esters is 1. The minimum atomic E-state index is -0.677. The first-order valence-corrected chi connectivity index (χ1v) is 6.75. The molecule has 1 amide bonds. The lowest BCUT2D eigenvalue weighted by Gasteiger charge is -2.10. The number of amides is 1. The first-order valence-electron chi connectivity index (χ1n) is 6.75. The van der Waals surface area contributed by atoms with Gasteiger partial charge in [0.05, 0.1) is 0 Å². The van der Waals surface area contributed by atoms with E-state index in [-0.39, 0.29) is 24.3 Å². The van der Waals surface area contributed by atoms with E-state index in [0.717, 1.165) is 6.42 Å². The normalized spacial score (nSPS) is 12.1. The van der Waals surface area contributed by atoms with E-state index in [1.54, 1.807) is 24.3 Å². The molecule has 0 bridgehead atoms. The largest absolute Gasteiger partial charge is 0.450 e. The van der Waals surface area contributed by atoms with Gasteiger partial charge in [-0.25, -0.2) is 4.79 Å². The van der Waals surface area contributed by atoms with Crippen LogP contribution in [0, 0.1) is 0 Å². The number of nitrogens with two attached hydrogens (primary N) is 1. The van der Waals surface area contributed by atoms with Crippen LogP contribution < -0.4 is 11.1 Å². The van der Waals surface area contributed by atoms with Gasteiger partial charge in [-0.15, -0.1) is 0 Å². The number of nitrogen functional groups attached to an aromatic ring is 1. The first-order chi connectivity index (χ1) is 9.99. The zero-order chi connectivity index (χ0) is 15.4. The highest BCUT2D eigenvalue weighted by atomic mass is 16.5. The maximum Gasteiger partial charge on any atom is 0.374 e. The quantitative estimate of drug-likeness (QED) is 0.649. The van der Waals surface area contributed by atoms with Crippen LogP contribution in [0.2, 0.25) is 0 Å². The van der Waals surface area contributed by atoms with E-state index in [1.807, 2.05) is 13.8 Å². The Hall–Kier alpha value is -2.50. The van der Waals surface area contributed by atoms with Crippen LogP contribution in [-0.2, 0) is 9.53 Å². The Morgan fingerprint density at radius 1 is 1.38 bits per heavy atom.